The molecule has 0 bridgehead atoms. The second-order valence-corrected chi connectivity index (χ2v) is 6.52. The van der Waals surface area contributed by atoms with Gasteiger partial charge >= 0.3 is 0 Å². The Morgan fingerprint density at radius 1 is 1.30 bits per heavy atom. The molecule has 1 aromatic heterocycles. The molecule has 3 rings (SSSR count). The fourth-order valence-corrected chi connectivity index (χ4v) is 3.39. The van der Waals surface area contributed by atoms with E-state index in [1.54, 1.807) is 0 Å². The Hall–Kier alpha value is -0.940. The van der Waals surface area contributed by atoms with E-state index < -0.39 is 5.54 Å². The lowest BCUT2D eigenvalue weighted by molar-refractivity contribution is 0.0661. The average Bonchev–Trinajstić information content (AvgIpc) is 3.08. The van der Waals surface area contributed by atoms with E-state index in [0.29, 0.717) is 17.6 Å². The topological polar surface area (TPSA) is 74.2 Å². The van der Waals surface area contributed by atoms with Crippen molar-refractivity contribution < 1.29 is 9.26 Å². The van der Waals surface area contributed by atoms with Crippen LogP contribution in [-0.4, -0.2) is 16.7 Å². The van der Waals surface area contributed by atoms with Crippen LogP contribution in [0, 0.1) is 11.8 Å². The van der Waals surface area contributed by atoms with E-state index in [4.69, 9.17) is 15.0 Å². The van der Waals surface area contributed by atoms with E-state index in [2.05, 4.69) is 24.0 Å². The number of rotatable bonds is 3. The molecule has 2 unspecified atom stereocenters. The predicted molar refractivity (Wildman–Crippen MR) is 74.9 cm³/mol. The number of aromatic nitrogens is 2. The zero-order valence-electron chi connectivity index (χ0n) is 12.5. The zero-order chi connectivity index (χ0) is 14.2. The van der Waals surface area contributed by atoms with Gasteiger partial charge in [0, 0.05) is 6.61 Å². The first kappa shape index (κ1) is 14.0. The minimum absolute atomic E-state index is 0.0492. The molecule has 1 aliphatic carbocycles. The van der Waals surface area contributed by atoms with Crippen LogP contribution >= 0.6 is 0 Å². The van der Waals surface area contributed by atoms with Crippen LogP contribution < -0.4 is 5.73 Å². The number of nitrogens with zero attached hydrogens (tertiary/aromatic N) is 2. The standard InChI is InChI=1S/C15H25N3O2/c1-3-11-4-7-15(16,8-5-11)14-17-13(20-18-14)12-10(2)6-9-19-12/h10-12H,3-9,16H2,1-2H3. The van der Waals surface area contributed by atoms with E-state index in [-0.39, 0.29) is 6.10 Å². The Bertz CT molecular complexity index is 452. The van der Waals surface area contributed by atoms with Gasteiger partial charge in [-0.25, -0.2) is 0 Å². The first-order valence-electron chi connectivity index (χ1n) is 7.87. The molecular formula is C15H25N3O2. The molecule has 0 radical (unpaired) electrons. The minimum atomic E-state index is -0.407. The van der Waals surface area contributed by atoms with Crippen molar-refractivity contribution in [2.24, 2.45) is 17.6 Å². The molecule has 2 atom stereocenters. The Morgan fingerprint density at radius 3 is 2.65 bits per heavy atom. The summed E-state index contributed by atoms with van der Waals surface area (Å²) in [4.78, 5) is 4.56. The Morgan fingerprint density at radius 2 is 2.05 bits per heavy atom. The predicted octanol–water partition coefficient (Wildman–Crippen LogP) is 2.92. The fourth-order valence-electron chi connectivity index (χ4n) is 3.39. The first-order chi connectivity index (χ1) is 9.62. The van der Waals surface area contributed by atoms with Crippen molar-refractivity contribution in [1.82, 2.24) is 10.1 Å². The lowest BCUT2D eigenvalue weighted by Gasteiger charge is -2.34. The summed E-state index contributed by atoms with van der Waals surface area (Å²) in [5.74, 6) is 2.52. The van der Waals surface area contributed by atoms with Gasteiger partial charge in [-0.05, 0) is 43.9 Å². The van der Waals surface area contributed by atoms with Crippen molar-refractivity contribution in [3.8, 4) is 0 Å². The molecule has 1 saturated carbocycles. The molecule has 2 N–H and O–H groups in total. The van der Waals surface area contributed by atoms with Crippen molar-refractivity contribution in [3.63, 3.8) is 0 Å². The van der Waals surface area contributed by atoms with E-state index in [1.165, 1.54) is 6.42 Å². The van der Waals surface area contributed by atoms with Crippen LogP contribution in [0.4, 0.5) is 0 Å². The zero-order valence-corrected chi connectivity index (χ0v) is 12.5. The van der Waals surface area contributed by atoms with Crippen LogP contribution in [0.2, 0.25) is 0 Å². The third kappa shape index (κ3) is 2.49. The molecule has 112 valence electrons. The summed E-state index contributed by atoms with van der Waals surface area (Å²) in [6.07, 6.45) is 6.46. The first-order valence-corrected chi connectivity index (χ1v) is 7.87. The lowest BCUT2D eigenvalue weighted by atomic mass is 9.76. The fraction of sp³-hybridized carbons (Fsp3) is 0.867. The Kier molecular flexibility index (Phi) is 3.82. The highest BCUT2D eigenvalue weighted by molar-refractivity contribution is 5.07. The van der Waals surface area contributed by atoms with Gasteiger partial charge in [-0.3, -0.25) is 0 Å². The van der Waals surface area contributed by atoms with Crippen molar-refractivity contribution in [2.75, 3.05) is 6.61 Å². The SMILES string of the molecule is CCC1CCC(N)(c2noc(C3OCCC3C)n2)CC1. The summed E-state index contributed by atoms with van der Waals surface area (Å²) in [6.45, 7) is 5.18. The summed E-state index contributed by atoms with van der Waals surface area (Å²) in [7, 11) is 0. The van der Waals surface area contributed by atoms with E-state index in [1.807, 2.05) is 0 Å². The normalized spacial score (nSPS) is 38.2. The van der Waals surface area contributed by atoms with Crippen LogP contribution in [0.25, 0.3) is 0 Å². The van der Waals surface area contributed by atoms with E-state index >= 15 is 0 Å². The minimum Gasteiger partial charge on any atom is -0.368 e. The van der Waals surface area contributed by atoms with E-state index in [0.717, 1.165) is 44.6 Å². The molecule has 0 spiro atoms. The molecular weight excluding hydrogens is 254 g/mol. The summed E-state index contributed by atoms with van der Waals surface area (Å²) in [5, 5.41) is 4.15. The molecule has 20 heavy (non-hydrogen) atoms. The van der Waals surface area contributed by atoms with Gasteiger partial charge in [0.1, 0.15) is 6.10 Å². The summed E-state index contributed by atoms with van der Waals surface area (Å²) in [6, 6.07) is 0. The van der Waals surface area contributed by atoms with Gasteiger partial charge < -0.3 is 15.0 Å². The van der Waals surface area contributed by atoms with Crippen molar-refractivity contribution in [2.45, 2.75) is 64.0 Å². The van der Waals surface area contributed by atoms with Gasteiger partial charge in [0.25, 0.3) is 5.89 Å². The highest BCUT2D eigenvalue weighted by atomic mass is 16.5. The summed E-state index contributed by atoms with van der Waals surface area (Å²) < 4.78 is 11.1. The number of hydrogen-bond acceptors (Lipinski definition) is 5. The van der Waals surface area contributed by atoms with Gasteiger partial charge in [-0.1, -0.05) is 25.4 Å². The van der Waals surface area contributed by atoms with Crippen LogP contribution in [-0.2, 0) is 10.3 Å². The van der Waals surface area contributed by atoms with Gasteiger partial charge in [0.15, 0.2) is 5.82 Å². The van der Waals surface area contributed by atoms with Gasteiger partial charge in [-0.15, -0.1) is 0 Å². The molecule has 1 saturated heterocycles. The number of ether oxygens (including phenoxy) is 1. The molecule has 2 aliphatic rings. The highest BCUT2D eigenvalue weighted by Crippen LogP contribution is 2.39. The second kappa shape index (κ2) is 5.45. The third-order valence-electron chi connectivity index (χ3n) is 5.09. The van der Waals surface area contributed by atoms with Gasteiger partial charge in [-0.2, -0.15) is 4.98 Å². The van der Waals surface area contributed by atoms with Gasteiger partial charge in [0.2, 0.25) is 0 Å². The van der Waals surface area contributed by atoms with E-state index in [9.17, 15) is 0 Å². The number of nitrogens with two attached hydrogens (primary N) is 1. The van der Waals surface area contributed by atoms with Crippen LogP contribution in [0.3, 0.4) is 0 Å². The second-order valence-electron chi connectivity index (χ2n) is 6.52. The Labute approximate surface area is 120 Å². The number of hydrogen-bond donors (Lipinski definition) is 1. The molecule has 2 heterocycles. The maximum atomic E-state index is 6.52. The van der Waals surface area contributed by atoms with Crippen molar-refractivity contribution in [1.29, 1.82) is 0 Å². The average molecular weight is 279 g/mol. The molecule has 5 heteroatoms. The molecule has 0 aromatic carbocycles. The Balaban J connectivity index is 1.73. The maximum absolute atomic E-state index is 6.52. The third-order valence-corrected chi connectivity index (χ3v) is 5.09. The molecule has 2 fully saturated rings. The summed E-state index contributed by atoms with van der Waals surface area (Å²) in [5.41, 5.74) is 6.11. The molecule has 1 aromatic rings. The highest BCUT2D eigenvalue weighted by Gasteiger charge is 2.38. The monoisotopic (exact) mass is 279 g/mol. The molecule has 5 nitrogen and oxygen atoms in total. The largest absolute Gasteiger partial charge is 0.368 e. The van der Waals surface area contributed by atoms with Crippen LogP contribution in [0.15, 0.2) is 4.52 Å². The quantitative estimate of drug-likeness (QED) is 0.920. The summed E-state index contributed by atoms with van der Waals surface area (Å²) >= 11 is 0. The van der Waals surface area contributed by atoms with Crippen molar-refractivity contribution >= 4 is 0 Å². The smallest absolute Gasteiger partial charge is 0.256 e. The maximum Gasteiger partial charge on any atom is 0.256 e. The van der Waals surface area contributed by atoms with Gasteiger partial charge in [0.05, 0.1) is 5.54 Å². The molecule has 1 aliphatic heterocycles. The van der Waals surface area contributed by atoms with Crippen LogP contribution in [0.5, 0.6) is 0 Å². The molecule has 0 amide bonds. The van der Waals surface area contributed by atoms with Crippen LogP contribution in [0.1, 0.15) is 70.2 Å². The van der Waals surface area contributed by atoms with Crippen molar-refractivity contribution in [3.05, 3.63) is 11.7 Å². The lowest BCUT2D eigenvalue weighted by Crippen LogP contribution is -2.41.